The summed E-state index contributed by atoms with van der Waals surface area (Å²) in [7, 11) is 0. The van der Waals surface area contributed by atoms with Gasteiger partial charge in [-0.05, 0) is 38.5 Å². The molecule has 4 rings (SSSR count). The van der Waals surface area contributed by atoms with Crippen LogP contribution in [0.25, 0.3) is 21.8 Å². The molecule has 4 aromatic rings. The zero-order valence-corrected chi connectivity index (χ0v) is 17.5. The number of hydrogen-bond acceptors (Lipinski definition) is 4. The Morgan fingerprint density at radius 3 is 2.59 bits per heavy atom. The molecule has 5 nitrogen and oxygen atoms in total. The molecule has 1 N–H and O–H groups in total. The molecule has 0 amide bonds. The number of benzene rings is 2. The van der Waals surface area contributed by atoms with Crippen molar-refractivity contribution >= 4 is 39.4 Å². The number of aromatic amines is 1. The van der Waals surface area contributed by atoms with Gasteiger partial charge in [-0.1, -0.05) is 49.0 Å². The van der Waals surface area contributed by atoms with Gasteiger partial charge in [0.15, 0.2) is 10.9 Å². The van der Waals surface area contributed by atoms with E-state index in [1.165, 1.54) is 11.8 Å². The van der Waals surface area contributed by atoms with Crippen LogP contribution in [-0.2, 0) is 0 Å². The van der Waals surface area contributed by atoms with Gasteiger partial charge in [-0.2, -0.15) is 0 Å². The van der Waals surface area contributed by atoms with Crippen LogP contribution in [0.2, 0.25) is 0 Å². The zero-order valence-electron chi connectivity index (χ0n) is 16.7. The molecule has 0 spiro atoms. The maximum absolute atomic E-state index is 13.1. The minimum atomic E-state index is -0.0526. The molecule has 0 radical (unpaired) electrons. The van der Waals surface area contributed by atoms with Crippen LogP contribution in [0.3, 0.4) is 0 Å². The summed E-state index contributed by atoms with van der Waals surface area (Å²) in [6.45, 7) is 5.97. The average molecular weight is 406 g/mol. The van der Waals surface area contributed by atoms with E-state index in [4.69, 9.17) is 4.98 Å². The highest BCUT2D eigenvalue weighted by Crippen LogP contribution is 2.27. The number of nitrogens with zero attached hydrogens (tertiary/aromatic N) is 2. The van der Waals surface area contributed by atoms with Gasteiger partial charge in [0.1, 0.15) is 0 Å². The van der Waals surface area contributed by atoms with Crippen LogP contribution in [-0.4, -0.2) is 26.1 Å². The molecule has 2 aromatic heterocycles. The molecular weight excluding hydrogens is 382 g/mol. The van der Waals surface area contributed by atoms with Crippen molar-refractivity contribution in [3.63, 3.8) is 0 Å². The molecule has 0 saturated heterocycles. The van der Waals surface area contributed by atoms with E-state index in [1.807, 2.05) is 63.2 Å². The Kier molecular flexibility index (Phi) is 5.28. The van der Waals surface area contributed by atoms with E-state index in [0.29, 0.717) is 21.6 Å². The number of para-hydroxylation sites is 2. The summed E-state index contributed by atoms with van der Waals surface area (Å²) in [5.41, 5.74) is 3.14. The maximum Gasteiger partial charge on any atom is 0.262 e. The lowest BCUT2D eigenvalue weighted by Crippen LogP contribution is -2.26. The molecule has 0 aliphatic carbocycles. The lowest BCUT2D eigenvalue weighted by atomic mass is 10.1. The number of aryl methyl sites for hydroxylation is 1. The molecule has 148 valence electrons. The van der Waals surface area contributed by atoms with E-state index in [2.05, 4.69) is 4.98 Å². The van der Waals surface area contributed by atoms with Gasteiger partial charge >= 0.3 is 0 Å². The number of fused-ring (bicyclic) bond motifs is 2. The van der Waals surface area contributed by atoms with Crippen molar-refractivity contribution < 1.29 is 4.79 Å². The lowest BCUT2D eigenvalue weighted by molar-refractivity contribution is 0.102. The number of aromatic nitrogens is 3. The van der Waals surface area contributed by atoms with Crippen molar-refractivity contribution in [2.75, 3.05) is 5.75 Å². The van der Waals surface area contributed by atoms with E-state index in [9.17, 15) is 9.59 Å². The van der Waals surface area contributed by atoms with E-state index < -0.39 is 0 Å². The monoisotopic (exact) mass is 405 g/mol. The minimum absolute atomic E-state index is 0.00651. The summed E-state index contributed by atoms with van der Waals surface area (Å²) < 4.78 is 1.72. The third-order valence-corrected chi connectivity index (χ3v) is 6.26. The standard InChI is InChI=1S/C23H23N3O2S/c1-4-14(2)26-22(28)17-10-6-8-12-19(17)25-23(26)29-13-20(27)21-15(3)24-18-11-7-5-9-16(18)21/h5-12,14,24H,4,13H2,1-3H3/t14-/m1/s1. The first-order valence-corrected chi connectivity index (χ1v) is 10.7. The molecule has 0 aliphatic heterocycles. The van der Waals surface area contributed by atoms with Crippen LogP contribution >= 0.6 is 11.8 Å². The molecule has 0 unspecified atom stereocenters. The van der Waals surface area contributed by atoms with E-state index >= 15 is 0 Å². The van der Waals surface area contributed by atoms with E-state index in [0.717, 1.165) is 23.0 Å². The number of rotatable bonds is 6. The highest BCUT2D eigenvalue weighted by atomic mass is 32.2. The quantitative estimate of drug-likeness (QED) is 0.274. The summed E-state index contributed by atoms with van der Waals surface area (Å²) >= 11 is 1.33. The van der Waals surface area contributed by atoms with Crippen LogP contribution in [0, 0.1) is 6.92 Å². The molecule has 1 atom stereocenters. The fraction of sp³-hybridized carbons (Fsp3) is 0.261. The number of ketones is 1. The molecule has 2 heterocycles. The largest absolute Gasteiger partial charge is 0.358 e. The molecule has 2 aromatic carbocycles. The van der Waals surface area contributed by atoms with E-state index in [1.54, 1.807) is 10.6 Å². The number of carbonyl (C=O) groups is 1. The summed E-state index contributed by atoms with van der Waals surface area (Å²) in [4.78, 5) is 34.1. The summed E-state index contributed by atoms with van der Waals surface area (Å²) in [6, 6.07) is 15.2. The highest BCUT2D eigenvalue weighted by molar-refractivity contribution is 7.99. The molecular formula is C23H23N3O2S. The first-order chi connectivity index (χ1) is 14.0. The highest BCUT2D eigenvalue weighted by Gasteiger charge is 2.19. The minimum Gasteiger partial charge on any atom is -0.358 e. The molecule has 0 bridgehead atoms. The lowest BCUT2D eigenvalue weighted by Gasteiger charge is -2.18. The Balaban J connectivity index is 1.71. The Morgan fingerprint density at radius 2 is 1.83 bits per heavy atom. The van der Waals surface area contributed by atoms with Crippen LogP contribution in [0.1, 0.15) is 42.4 Å². The molecule has 0 fully saturated rings. The molecule has 0 saturated carbocycles. The van der Waals surface area contributed by atoms with Crippen LogP contribution in [0.4, 0.5) is 0 Å². The first-order valence-electron chi connectivity index (χ1n) is 9.75. The van der Waals surface area contributed by atoms with Gasteiger partial charge in [0.05, 0.1) is 16.7 Å². The predicted octanol–water partition coefficient (Wildman–Crippen LogP) is 5.13. The second-order valence-corrected chi connectivity index (χ2v) is 8.17. The first kappa shape index (κ1) is 19.5. The van der Waals surface area contributed by atoms with Crippen molar-refractivity contribution in [2.45, 2.75) is 38.4 Å². The van der Waals surface area contributed by atoms with Gasteiger partial charge in [0, 0.05) is 28.2 Å². The maximum atomic E-state index is 13.1. The van der Waals surface area contributed by atoms with Crippen LogP contribution in [0.5, 0.6) is 0 Å². The summed E-state index contributed by atoms with van der Waals surface area (Å²) in [5.74, 6) is 0.257. The van der Waals surface area contributed by atoms with Crippen molar-refractivity contribution in [1.29, 1.82) is 0 Å². The number of thioether (sulfide) groups is 1. The fourth-order valence-corrected chi connectivity index (χ4v) is 4.61. The van der Waals surface area contributed by atoms with Crippen molar-refractivity contribution in [2.24, 2.45) is 0 Å². The third-order valence-electron chi connectivity index (χ3n) is 5.31. The Hall–Kier alpha value is -2.86. The smallest absolute Gasteiger partial charge is 0.262 e. The number of H-pyrrole nitrogens is 1. The number of Topliss-reactive ketones (excluding diaryl/α,β-unsaturated/α-hetero) is 1. The van der Waals surface area contributed by atoms with Crippen molar-refractivity contribution in [3.05, 3.63) is 70.1 Å². The van der Waals surface area contributed by atoms with Gasteiger partial charge < -0.3 is 4.98 Å². The Morgan fingerprint density at radius 1 is 1.14 bits per heavy atom. The fourth-order valence-electron chi connectivity index (χ4n) is 3.64. The van der Waals surface area contributed by atoms with Crippen LogP contribution < -0.4 is 5.56 Å². The average Bonchev–Trinajstić information content (AvgIpc) is 3.07. The normalized spacial score (nSPS) is 12.5. The Labute approximate surface area is 173 Å². The molecule has 29 heavy (non-hydrogen) atoms. The number of nitrogens with one attached hydrogen (secondary N) is 1. The van der Waals surface area contributed by atoms with Gasteiger partial charge in [0.2, 0.25) is 0 Å². The van der Waals surface area contributed by atoms with Gasteiger partial charge in [-0.25, -0.2) is 4.98 Å². The second-order valence-electron chi connectivity index (χ2n) is 7.23. The SMILES string of the molecule is CC[C@@H](C)n1c(SCC(=O)c2c(C)[nH]c3ccccc23)nc2ccccc2c1=O. The number of hydrogen-bond donors (Lipinski definition) is 1. The van der Waals surface area contributed by atoms with E-state index in [-0.39, 0.29) is 23.1 Å². The van der Waals surface area contributed by atoms with Gasteiger partial charge in [-0.15, -0.1) is 0 Å². The van der Waals surface area contributed by atoms with Crippen molar-refractivity contribution in [3.8, 4) is 0 Å². The second kappa shape index (κ2) is 7.87. The predicted molar refractivity (Wildman–Crippen MR) is 119 cm³/mol. The Bertz CT molecular complexity index is 1270. The van der Waals surface area contributed by atoms with Gasteiger partial charge in [0.25, 0.3) is 5.56 Å². The van der Waals surface area contributed by atoms with Gasteiger partial charge in [-0.3, -0.25) is 14.2 Å². The molecule has 6 heteroatoms. The number of carbonyl (C=O) groups excluding carboxylic acids is 1. The summed E-state index contributed by atoms with van der Waals surface area (Å²) in [6.07, 6.45) is 0.809. The van der Waals surface area contributed by atoms with Crippen LogP contribution in [0.15, 0.2) is 58.5 Å². The van der Waals surface area contributed by atoms with Crippen molar-refractivity contribution in [1.82, 2.24) is 14.5 Å². The zero-order chi connectivity index (χ0) is 20.5. The third kappa shape index (κ3) is 3.49. The summed E-state index contributed by atoms with van der Waals surface area (Å²) in [5, 5.41) is 2.13. The topological polar surface area (TPSA) is 67.8 Å². The molecule has 0 aliphatic rings.